The highest BCUT2D eigenvalue weighted by Crippen LogP contribution is 2.18. The van der Waals surface area contributed by atoms with E-state index in [-0.39, 0.29) is 24.0 Å². The van der Waals surface area contributed by atoms with Crippen LogP contribution < -0.4 is 0 Å². The molecule has 4 nitrogen and oxygen atoms in total. The molecule has 1 fully saturated rings. The van der Waals surface area contributed by atoms with E-state index in [1.165, 1.54) is 12.3 Å². The molecule has 16 heavy (non-hydrogen) atoms. The van der Waals surface area contributed by atoms with Gasteiger partial charge in [0.2, 0.25) is 0 Å². The van der Waals surface area contributed by atoms with E-state index < -0.39 is 5.82 Å². The molecule has 86 valence electrons. The number of carbonyl (C=O) groups is 1. The van der Waals surface area contributed by atoms with Crippen molar-refractivity contribution in [3.8, 4) is 0 Å². The molecule has 0 saturated carbocycles. The van der Waals surface area contributed by atoms with Gasteiger partial charge in [0, 0.05) is 31.8 Å². The third kappa shape index (κ3) is 2.19. The minimum absolute atomic E-state index is 0.0885. The number of nitrogens with zero attached hydrogens (tertiary/aromatic N) is 2. The molecular formula is C11H13FN2O2. The first kappa shape index (κ1) is 11.0. The molecular weight excluding hydrogens is 211 g/mol. The van der Waals surface area contributed by atoms with Gasteiger partial charge in [0.1, 0.15) is 5.82 Å². The smallest absolute Gasteiger partial charge is 0.255 e. The van der Waals surface area contributed by atoms with Gasteiger partial charge >= 0.3 is 0 Å². The van der Waals surface area contributed by atoms with E-state index >= 15 is 0 Å². The molecule has 0 aliphatic carbocycles. The second kappa shape index (κ2) is 4.57. The average Bonchev–Trinajstić information content (AvgIpc) is 2.76. The lowest BCUT2D eigenvalue weighted by atomic mass is 10.1. The molecule has 2 rings (SSSR count). The normalized spacial score (nSPS) is 20.1. The number of likely N-dealkylation sites (tertiary alicyclic amines) is 1. The van der Waals surface area contributed by atoms with Gasteiger partial charge in [0.25, 0.3) is 5.91 Å². The van der Waals surface area contributed by atoms with Gasteiger partial charge in [-0.05, 0) is 12.5 Å². The van der Waals surface area contributed by atoms with Crippen molar-refractivity contribution in [2.24, 2.45) is 5.92 Å². The summed E-state index contributed by atoms with van der Waals surface area (Å²) in [4.78, 5) is 17.2. The molecule has 1 atom stereocenters. The standard InChI is InChI=1S/C11H13FN2O2/c12-10-3-9(4-13-5-10)11(16)14-2-1-8(6-14)7-15/h3-5,8,15H,1-2,6-7H2. The number of hydrogen-bond acceptors (Lipinski definition) is 3. The lowest BCUT2D eigenvalue weighted by Gasteiger charge is -2.15. The van der Waals surface area contributed by atoms with Gasteiger partial charge in [-0.25, -0.2) is 4.39 Å². The topological polar surface area (TPSA) is 53.4 Å². The highest BCUT2D eigenvalue weighted by molar-refractivity contribution is 5.94. The van der Waals surface area contributed by atoms with Crippen LogP contribution in [0, 0.1) is 11.7 Å². The first-order chi connectivity index (χ1) is 7.70. The van der Waals surface area contributed by atoms with Crippen molar-refractivity contribution in [1.29, 1.82) is 0 Å². The largest absolute Gasteiger partial charge is 0.396 e. The molecule has 1 saturated heterocycles. The lowest BCUT2D eigenvalue weighted by molar-refractivity contribution is 0.0781. The first-order valence-electron chi connectivity index (χ1n) is 5.21. The maximum atomic E-state index is 12.9. The first-order valence-corrected chi connectivity index (χ1v) is 5.21. The van der Waals surface area contributed by atoms with Crippen LogP contribution in [-0.2, 0) is 0 Å². The van der Waals surface area contributed by atoms with E-state index in [2.05, 4.69) is 4.98 Å². The maximum absolute atomic E-state index is 12.9. The van der Waals surface area contributed by atoms with E-state index in [4.69, 9.17) is 5.11 Å². The molecule has 0 spiro atoms. The summed E-state index contributed by atoms with van der Waals surface area (Å²) in [5.74, 6) is -0.586. The monoisotopic (exact) mass is 224 g/mol. The second-order valence-electron chi connectivity index (χ2n) is 3.98. The number of aliphatic hydroxyl groups excluding tert-OH is 1. The van der Waals surface area contributed by atoms with E-state index in [9.17, 15) is 9.18 Å². The summed E-state index contributed by atoms with van der Waals surface area (Å²) in [5.41, 5.74) is 0.263. The van der Waals surface area contributed by atoms with Crippen LogP contribution in [0.5, 0.6) is 0 Å². The second-order valence-corrected chi connectivity index (χ2v) is 3.98. The molecule has 1 amide bonds. The van der Waals surface area contributed by atoms with Crippen molar-refractivity contribution >= 4 is 5.91 Å². The zero-order chi connectivity index (χ0) is 11.5. The van der Waals surface area contributed by atoms with Crippen LogP contribution in [-0.4, -0.2) is 40.6 Å². The fourth-order valence-corrected chi connectivity index (χ4v) is 1.88. The molecule has 1 N–H and O–H groups in total. The van der Waals surface area contributed by atoms with Crippen LogP contribution in [0.4, 0.5) is 4.39 Å². The number of aromatic nitrogens is 1. The summed E-state index contributed by atoms with van der Waals surface area (Å²) in [7, 11) is 0. The Bertz CT molecular complexity index is 397. The van der Waals surface area contributed by atoms with Crippen molar-refractivity contribution in [3.05, 3.63) is 29.8 Å². The number of hydrogen-bond donors (Lipinski definition) is 1. The molecule has 1 unspecified atom stereocenters. The van der Waals surface area contributed by atoms with Crippen molar-refractivity contribution < 1.29 is 14.3 Å². The predicted molar refractivity (Wildman–Crippen MR) is 55.3 cm³/mol. The summed E-state index contributed by atoms with van der Waals surface area (Å²) >= 11 is 0. The Balaban J connectivity index is 2.08. The van der Waals surface area contributed by atoms with Gasteiger partial charge in [-0.3, -0.25) is 9.78 Å². The number of carbonyl (C=O) groups excluding carboxylic acids is 1. The molecule has 0 radical (unpaired) electrons. The number of aliphatic hydroxyl groups is 1. The Labute approximate surface area is 92.7 Å². The van der Waals surface area contributed by atoms with E-state index in [1.807, 2.05) is 0 Å². The number of pyridine rings is 1. The zero-order valence-corrected chi connectivity index (χ0v) is 8.77. The molecule has 2 heterocycles. The lowest BCUT2D eigenvalue weighted by Crippen LogP contribution is -2.29. The van der Waals surface area contributed by atoms with E-state index in [0.29, 0.717) is 13.1 Å². The molecule has 0 bridgehead atoms. The van der Waals surface area contributed by atoms with Gasteiger partial charge in [-0.1, -0.05) is 0 Å². The maximum Gasteiger partial charge on any atom is 0.255 e. The Morgan fingerprint density at radius 1 is 1.62 bits per heavy atom. The Kier molecular flexibility index (Phi) is 3.14. The van der Waals surface area contributed by atoms with E-state index in [1.54, 1.807) is 4.90 Å². The zero-order valence-electron chi connectivity index (χ0n) is 8.77. The molecule has 1 aliphatic rings. The van der Waals surface area contributed by atoms with Crippen LogP contribution in [0.2, 0.25) is 0 Å². The Morgan fingerprint density at radius 3 is 3.06 bits per heavy atom. The van der Waals surface area contributed by atoms with Crippen molar-refractivity contribution in [2.45, 2.75) is 6.42 Å². The van der Waals surface area contributed by atoms with Crippen LogP contribution in [0.3, 0.4) is 0 Å². The van der Waals surface area contributed by atoms with Gasteiger partial charge in [-0.2, -0.15) is 0 Å². The summed E-state index contributed by atoms with van der Waals surface area (Å²) in [6, 6.07) is 1.18. The molecule has 0 aromatic carbocycles. The Hall–Kier alpha value is -1.49. The summed E-state index contributed by atoms with van der Waals surface area (Å²) in [6.45, 7) is 1.23. The average molecular weight is 224 g/mol. The quantitative estimate of drug-likeness (QED) is 0.803. The molecule has 5 heteroatoms. The van der Waals surface area contributed by atoms with Crippen LogP contribution >= 0.6 is 0 Å². The summed E-state index contributed by atoms with van der Waals surface area (Å²) in [6.07, 6.45) is 3.22. The highest BCUT2D eigenvalue weighted by Gasteiger charge is 2.26. The fraction of sp³-hybridized carbons (Fsp3) is 0.455. The minimum atomic E-state index is -0.510. The number of rotatable bonds is 2. The third-order valence-corrected chi connectivity index (χ3v) is 2.78. The van der Waals surface area contributed by atoms with Crippen molar-refractivity contribution in [1.82, 2.24) is 9.88 Å². The SMILES string of the molecule is O=C(c1cncc(F)c1)N1CCC(CO)C1. The van der Waals surface area contributed by atoms with E-state index in [0.717, 1.165) is 12.6 Å². The number of halogens is 1. The van der Waals surface area contributed by atoms with Gasteiger partial charge in [-0.15, -0.1) is 0 Å². The predicted octanol–water partition coefficient (Wildman–Crippen LogP) is 0.675. The molecule has 1 aromatic heterocycles. The van der Waals surface area contributed by atoms with Crippen LogP contribution in [0.25, 0.3) is 0 Å². The van der Waals surface area contributed by atoms with Crippen molar-refractivity contribution in [3.63, 3.8) is 0 Å². The minimum Gasteiger partial charge on any atom is -0.396 e. The van der Waals surface area contributed by atoms with Crippen LogP contribution in [0.1, 0.15) is 16.8 Å². The molecule has 1 aliphatic heterocycles. The summed E-state index contributed by atoms with van der Waals surface area (Å²) in [5, 5.41) is 8.97. The third-order valence-electron chi connectivity index (χ3n) is 2.78. The molecule has 1 aromatic rings. The van der Waals surface area contributed by atoms with Gasteiger partial charge in [0.05, 0.1) is 11.8 Å². The Morgan fingerprint density at radius 2 is 2.44 bits per heavy atom. The van der Waals surface area contributed by atoms with Crippen LogP contribution in [0.15, 0.2) is 18.5 Å². The summed E-state index contributed by atoms with van der Waals surface area (Å²) < 4.78 is 12.9. The van der Waals surface area contributed by atoms with Crippen molar-refractivity contribution in [2.75, 3.05) is 19.7 Å². The highest BCUT2D eigenvalue weighted by atomic mass is 19.1. The van der Waals surface area contributed by atoms with Gasteiger partial charge in [0.15, 0.2) is 0 Å². The van der Waals surface area contributed by atoms with Gasteiger partial charge < -0.3 is 10.0 Å². The number of amides is 1. The fourth-order valence-electron chi connectivity index (χ4n) is 1.88.